The van der Waals surface area contributed by atoms with Crippen molar-refractivity contribution in [1.29, 1.82) is 5.41 Å². The maximum atomic E-state index is 12.6. The minimum atomic E-state index is -4.50. The van der Waals surface area contributed by atoms with Crippen LogP contribution in [-0.2, 0) is 12.6 Å². The van der Waals surface area contributed by atoms with Gasteiger partial charge in [-0.1, -0.05) is 35.3 Å². The van der Waals surface area contributed by atoms with Gasteiger partial charge in [-0.05, 0) is 17.7 Å². The van der Waals surface area contributed by atoms with Gasteiger partial charge in [0.15, 0.2) is 0 Å². The zero-order valence-corrected chi connectivity index (χ0v) is 12.5. The highest BCUT2D eigenvalue weighted by Crippen LogP contribution is 2.32. The molecule has 1 aromatic heterocycles. The third kappa shape index (κ3) is 3.51. The van der Waals surface area contributed by atoms with Gasteiger partial charge in [-0.15, -0.1) is 0 Å². The molecule has 0 aliphatic heterocycles. The van der Waals surface area contributed by atoms with Crippen LogP contribution in [0, 0.1) is 5.41 Å². The first-order chi connectivity index (χ1) is 10.2. The quantitative estimate of drug-likeness (QED) is 0.642. The number of nitrogens with one attached hydrogen (secondary N) is 1. The topological polar surface area (TPSA) is 62.8 Å². The SMILES string of the molecule is N=C(N)c1cccc(Cc2ncc(C(F)(F)F)cc2Cl)c1Cl. The van der Waals surface area contributed by atoms with Crippen molar-refractivity contribution in [1.82, 2.24) is 4.98 Å². The molecular formula is C14H10Cl2F3N3. The zero-order chi connectivity index (χ0) is 16.5. The molecule has 0 saturated heterocycles. The van der Waals surface area contributed by atoms with E-state index in [0.29, 0.717) is 11.1 Å². The molecule has 0 radical (unpaired) electrons. The molecule has 0 atom stereocenters. The predicted octanol–water partition coefficient (Wildman–Crippen LogP) is 4.28. The molecule has 0 aliphatic carbocycles. The summed E-state index contributed by atoms with van der Waals surface area (Å²) in [5.41, 5.74) is 5.68. The van der Waals surface area contributed by atoms with Gasteiger partial charge in [-0.25, -0.2) is 0 Å². The Kier molecular flexibility index (Phi) is 4.63. The van der Waals surface area contributed by atoms with Crippen molar-refractivity contribution >= 4 is 29.0 Å². The number of halogens is 5. The molecule has 0 amide bonds. The normalized spacial score (nSPS) is 11.5. The summed E-state index contributed by atoms with van der Waals surface area (Å²) in [6, 6.07) is 5.73. The first kappa shape index (κ1) is 16.6. The molecule has 0 aliphatic rings. The Bertz CT molecular complexity index is 730. The van der Waals surface area contributed by atoms with Crippen LogP contribution in [0.1, 0.15) is 22.4 Å². The molecule has 0 saturated carbocycles. The summed E-state index contributed by atoms with van der Waals surface area (Å²) in [7, 11) is 0. The van der Waals surface area contributed by atoms with E-state index in [9.17, 15) is 13.2 Å². The van der Waals surface area contributed by atoms with Gasteiger partial charge < -0.3 is 5.73 Å². The van der Waals surface area contributed by atoms with E-state index in [1.807, 2.05) is 0 Å². The Morgan fingerprint density at radius 1 is 1.27 bits per heavy atom. The predicted molar refractivity (Wildman–Crippen MR) is 79.5 cm³/mol. The molecule has 2 aromatic rings. The van der Waals surface area contributed by atoms with Crippen LogP contribution in [0.2, 0.25) is 10.0 Å². The van der Waals surface area contributed by atoms with Gasteiger partial charge in [0.1, 0.15) is 5.84 Å². The number of pyridine rings is 1. The molecule has 2 rings (SSSR count). The first-order valence-corrected chi connectivity index (χ1v) is 6.79. The number of hydrogen-bond donors (Lipinski definition) is 2. The Balaban J connectivity index is 2.36. The highest BCUT2D eigenvalue weighted by molar-refractivity contribution is 6.34. The van der Waals surface area contributed by atoms with Crippen LogP contribution in [-0.4, -0.2) is 10.8 Å². The lowest BCUT2D eigenvalue weighted by molar-refractivity contribution is -0.137. The third-order valence-electron chi connectivity index (χ3n) is 2.97. The van der Waals surface area contributed by atoms with E-state index in [4.69, 9.17) is 34.3 Å². The van der Waals surface area contributed by atoms with Crippen LogP contribution in [0.25, 0.3) is 0 Å². The number of hydrogen-bond acceptors (Lipinski definition) is 2. The molecule has 0 bridgehead atoms. The van der Waals surface area contributed by atoms with Crippen molar-refractivity contribution in [2.45, 2.75) is 12.6 Å². The van der Waals surface area contributed by atoms with Gasteiger partial charge in [0.05, 0.1) is 21.3 Å². The monoisotopic (exact) mass is 347 g/mol. The van der Waals surface area contributed by atoms with Gasteiger partial charge >= 0.3 is 6.18 Å². The smallest absolute Gasteiger partial charge is 0.384 e. The van der Waals surface area contributed by atoms with Crippen molar-refractivity contribution in [3.8, 4) is 0 Å². The highest BCUT2D eigenvalue weighted by atomic mass is 35.5. The summed E-state index contributed by atoms with van der Waals surface area (Å²) in [6.07, 6.45) is -3.64. The molecule has 3 N–H and O–H groups in total. The van der Waals surface area contributed by atoms with Crippen molar-refractivity contribution in [3.05, 3.63) is 62.9 Å². The Labute approximate surface area is 134 Å². The highest BCUT2D eigenvalue weighted by Gasteiger charge is 2.31. The van der Waals surface area contributed by atoms with E-state index in [1.165, 1.54) is 0 Å². The van der Waals surface area contributed by atoms with Crippen LogP contribution < -0.4 is 5.73 Å². The van der Waals surface area contributed by atoms with Gasteiger partial charge in [0, 0.05) is 18.2 Å². The zero-order valence-electron chi connectivity index (χ0n) is 11.0. The van der Waals surface area contributed by atoms with E-state index in [0.717, 1.165) is 12.3 Å². The van der Waals surface area contributed by atoms with Crippen molar-refractivity contribution in [2.75, 3.05) is 0 Å². The molecule has 0 unspecified atom stereocenters. The van der Waals surface area contributed by atoms with Crippen molar-refractivity contribution in [3.63, 3.8) is 0 Å². The van der Waals surface area contributed by atoms with E-state index in [1.54, 1.807) is 18.2 Å². The standard InChI is InChI=1S/C14H10Cl2F3N3/c15-10-5-8(14(17,18)19)6-22-11(10)4-7-2-1-3-9(12(7)16)13(20)21/h1-3,5-6H,4H2,(H3,20,21). The fraction of sp³-hybridized carbons (Fsp3) is 0.143. The molecule has 3 nitrogen and oxygen atoms in total. The number of aromatic nitrogens is 1. The van der Waals surface area contributed by atoms with Gasteiger partial charge in [-0.3, -0.25) is 10.4 Å². The second kappa shape index (κ2) is 6.14. The van der Waals surface area contributed by atoms with E-state index >= 15 is 0 Å². The fourth-order valence-corrected chi connectivity index (χ4v) is 2.38. The summed E-state index contributed by atoms with van der Waals surface area (Å²) in [5.74, 6) is -0.196. The summed E-state index contributed by atoms with van der Waals surface area (Å²) in [6.45, 7) is 0. The molecule has 116 valence electrons. The van der Waals surface area contributed by atoms with Crippen LogP contribution in [0.15, 0.2) is 30.5 Å². The third-order valence-corrected chi connectivity index (χ3v) is 3.75. The number of nitrogen functional groups attached to an aromatic ring is 1. The van der Waals surface area contributed by atoms with E-state index in [-0.39, 0.29) is 28.0 Å². The average molecular weight is 348 g/mol. The minimum absolute atomic E-state index is 0.0980. The lowest BCUT2D eigenvalue weighted by atomic mass is 10.0. The molecule has 8 heteroatoms. The van der Waals surface area contributed by atoms with Gasteiger partial charge in [0.25, 0.3) is 0 Å². The second-order valence-corrected chi connectivity index (χ2v) is 5.30. The summed E-state index contributed by atoms with van der Waals surface area (Å²) < 4.78 is 37.7. The second-order valence-electron chi connectivity index (χ2n) is 4.52. The van der Waals surface area contributed by atoms with Gasteiger partial charge in [0.2, 0.25) is 0 Å². The Morgan fingerprint density at radius 3 is 2.50 bits per heavy atom. The number of rotatable bonds is 3. The maximum Gasteiger partial charge on any atom is 0.417 e. The van der Waals surface area contributed by atoms with E-state index < -0.39 is 11.7 Å². The first-order valence-electron chi connectivity index (χ1n) is 6.03. The Morgan fingerprint density at radius 2 is 1.95 bits per heavy atom. The summed E-state index contributed by atoms with van der Waals surface area (Å²) in [5, 5.41) is 7.58. The average Bonchev–Trinajstić information content (AvgIpc) is 2.41. The Hall–Kier alpha value is -1.79. The summed E-state index contributed by atoms with van der Waals surface area (Å²) >= 11 is 12.0. The summed E-state index contributed by atoms with van der Waals surface area (Å²) in [4.78, 5) is 3.76. The fourth-order valence-electron chi connectivity index (χ4n) is 1.86. The number of benzene rings is 1. The number of amidine groups is 1. The molecule has 0 spiro atoms. The number of nitrogens with zero attached hydrogens (tertiary/aromatic N) is 1. The number of alkyl halides is 3. The van der Waals surface area contributed by atoms with Crippen LogP contribution >= 0.6 is 23.2 Å². The molecular weight excluding hydrogens is 338 g/mol. The lowest BCUT2D eigenvalue weighted by Crippen LogP contribution is -2.12. The largest absolute Gasteiger partial charge is 0.417 e. The van der Waals surface area contributed by atoms with Crippen LogP contribution in [0.4, 0.5) is 13.2 Å². The molecule has 0 fully saturated rings. The van der Waals surface area contributed by atoms with Crippen LogP contribution in [0.5, 0.6) is 0 Å². The minimum Gasteiger partial charge on any atom is -0.384 e. The van der Waals surface area contributed by atoms with Gasteiger partial charge in [-0.2, -0.15) is 13.2 Å². The van der Waals surface area contributed by atoms with Crippen molar-refractivity contribution < 1.29 is 13.2 Å². The van der Waals surface area contributed by atoms with E-state index in [2.05, 4.69) is 4.98 Å². The van der Waals surface area contributed by atoms with Crippen molar-refractivity contribution in [2.24, 2.45) is 5.73 Å². The molecule has 1 heterocycles. The molecule has 1 aromatic carbocycles. The van der Waals surface area contributed by atoms with Crippen LogP contribution in [0.3, 0.4) is 0 Å². The maximum absolute atomic E-state index is 12.6. The molecule has 22 heavy (non-hydrogen) atoms. The lowest BCUT2D eigenvalue weighted by Gasteiger charge is -2.11. The number of nitrogens with two attached hydrogens (primary N) is 1.